The van der Waals surface area contributed by atoms with E-state index in [1.807, 2.05) is 25.1 Å². The highest BCUT2D eigenvalue weighted by Crippen LogP contribution is 2.34. The van der Waals surface area contributed by atoms with Crippen LogP contribution in [0.5, 0.6) is 5.75 Å². The molecule has 1 heterocycles. The normalized spacial score (nSPS) is 20.5. The second-order valence-corrected chi connectivity index (χ2v) is 3.82. The Kier molecular flexibility index (Phi) is 2.76. The molecule has 3 heteroatoms. The molecule has 0 saturated carbocycles. The number of para-hydroxylation sites is 1. The molecule has 0 bridgehead atoms. The van der Waals surface area contributed by atoms with Crippen molar-refractivity contribution in [2.45, 2.75) is 18.1 Å². The third kappa shape index (κ3) is 1.98. The standard InChI is InChI=1S/C10H12O2S/c1-2-11-10-7-13-9-6-4-3-5-8(9)12-10/h3-6,10H,2,7H2,1H3. The number of ether oxygens (including phenoxy) is 2. The fourth-order valence-corrected chi connectivity index (χ4v) is 2.18. The molecule has 1 atom stereocenters. The van der Waals surface area contributed by atoms with Crippen LogP contribution < -0.4 is 4.74 Å². The zero-order chi connectivity index (χ0) is 9.10. The Morgan fingerprint density at radius 1 is 1.54 bits per heavy atom. The summed E-state index contributed by atoms with van der Waals surface area (Å²) in [5.74, 6) is 1.82. The van der Waals surface area contributed by atoms with Crippen LogP contribution in [0.1, 0.15) is 6.92 Å². The molecule has 2 nitrogen and oxygen atoms in total. The van der Waals surface area contributed by atoms with Crippen LogP contribution in [0.3, 0.4) is 0 Å². The maximum absolute atomic E-state index is 5.63. The molecule has 1 aliphatic heterocycles. The Bertz CT molecular complexity index is 288. The van der Waals surface area contributed by atoms with Crippen LogP contribution >= 0.6 is 11.8 Å². The average Bonchev–Trinajstić information content (AvgIpc) is 2.18. The number of hydrogen-bond donors (Lipinski definition) is 0. The summed E-state index contributed by atoms with van der Waals surface area (Å²) in [6.45, 7) is 2.68. The topological polar surface area (TPSA) is 18.5 Å². The number of rotatable bonds is 2. The number of fused-ring (bicyclic) bond motifs is 1. The van der Waals surface area contributed by atoms with Crippen molar-refractivity contribution in [1.82, 2.24) is 0 Å². The Morgan fingerprint density at radius 3 is 3.23 bits per heavy atom. The molecule has 0 spiro atoms. The molecule has 0 saturated heterocycles. The molecule has 0 N–H and O–H groups in total. The van der Waals surface area contributed by atoms with Crippen LogP contribution in [0.15, 0.2) is 29.2 Å². The van der Waals surface area contributed by atoms with Crippen LogP contribution in [-0.2, 0) is 4.74 Å². The highest BCUT2D eigenvalue weighted by Gasteiger charge is 2.19. The van der Waals surface area contributed by atoms with Gasteiger partial charge in [-0.15, -0.1) is 11.8 Å². The van der Waals surface area contributed by atoms with E-state index in [-0.39, 0.29) is 6.29 Å². The average molecular weight is 196 g/mol. The van der Waals surface area contributed by atoms with Gasteiger partial charge in [0.2, 0.25) is 6.29 Å². The summed E-state index contributed by atoms with van der Waals surface area (Å²) in [5.41, 5.74) is 0. The van der Waals surface area contributed by atoms with Crippen molar-refractivity contribution in [2.24, 2.45) is 0 Å². The lowest BCUT2D eigenvalue weighted by molar-refractivity contribution is -0.0614. The minimum atomic E-state index is -0.0788. The molecule has 2 rings (SSSR count). The van der Waals surface area contributed by atoms with Crippen LogP contribution in [0.25, 0.3) is 0 Å². The zero-order valence-corrected chi connectivity index (χ0v) is 8.34. The van der Waals surface area contributed by atoms with E-state index in [0.29, 0.717) is 6.61 Å². The van der Waals surface area contributed by atoms with Gasteiger partial charge in [0.25, 0.3) is 0 Å². The molecule has 1 unspecified atom stereocenters. The highest BCUT2D eigenvalue weighted by atomic mass is 32.2. The van der Waals surface area contributed by atoms with E-state index in [1.165, 1.54) is 4.90 Å². The van der Waals surface area contributed by atoms with Gasteiger partial charge < -0.3 is 9.47 Å². The first-order valence-corrected chi connectivity index (χ1v) is 5.39. The second kappa shape index (κ2) is 4.03. The zero-order valence-electron chi connectivity index (χ0n) is 7.53. The lowest BCUT2D eigenvalue weighted by atomic mass is 10.3. The summed E-state index contributed by atoms with van der Waals surface area (Å²) in [4.78, 5) is 1.21. The second-order valence-electron chi connectivity index (χ2n) is 2.76. The van der Waals surface area contributed by atoms with Crippen LogP contribution in [-0.4, -0.2) is 18.6 Å². The lowest BCUT2D eigenvalue weighted by Gasteiger charge is -2.24. The fraction of sp³-hybridized carbons (Fsp3) is 0.400. The van der Waals surface area contributed by atoms with E-state index in [2.05, 4.69) is 6.07 Å². The van der Waals surface area contributed by atoms with Gasteiger partial charge in [-0.2, -0.15) is 0 Å². The molecule has 0 amide bonds. The Morgan fingerprint density at radius 2 is 2.38 bits per heavy atom. The van der Waals surface area contributed by atoms with Crippen molar-refractivity contribution in [3.05, 3.63) is 24.3 Å². The summed E-state index contributed by atoms with van der Waals surface area (Å²) in [7, 11) is 0. The highest BCUT2D eigenvalue weighted by molar-refractivity contribution is 7.99. The summed E-state index contributed by atoms with van der Waals surface area (Å²) in [6, 6.07) is 8.06. The molecule has 1 aromatic carbocycles. The summed E-state index contributed by atoms with van der Waals surface area (Å²) < 4.78 is 11.0. The summed E-state index contributed by atoms with van der Waals surface area (Å²) >= 11 is 1.79. The Labute approximate surface area is 82.2 Å². The molecule has 0 aliphatic carbocycles. The smallest absolute Gasteiger partial charge is 0.209 e. The van der Waals surface area contributed by atoms with Gasteiger partial charge in [-0.3, -0.25) is 0 Å². The van der Waals surface area contributed by atoms with Crippen LogP contribution in [0.4, 0.5) is 0 Å². The third-order valence-corrected chi connectivity index (χ3v) is 2.92. The van der Waals surface area contributed by atoms with Crippen LogP contribution in [0.2, 0.25) is 0 Å². The van der Waals surface area contributed by atoms with E-state index >= 15 is 0 Å². The predicted molar refractivity (Wildman–Crippen MR) is 53.2 cm³/mol. The van der Waals surface area contributed by atoms with Crippen molar-refractivity contribution in [1.29, 1.82) is 0 Å². The van der Waals surface area contributed by atoms with Crippen molar-refractivity contribution >= 4 is 11.8 Å². The lowest BCUT2D eigenvalue weighted by Crippen LogP contribution is -2.26. The molecule has 0 fully saturated rings. The number of thioether (sulfide) groups is 1. The summed E-state index contributed by atoms with van der Waals surface area (Å²) in [6.07, 6.45) is -0.0788. The molecule has 70 valence electrons. The third-order valence-electron chi connectivity index (χ3n) is 1.84. The first-order chi connectivity index (χ1) is 6.40. The van der Waals surface area contributed by atoms with Gasteiger partial charge in [0, 0.05) is 11.5 Å². The van der Waals surface area contributed by atoms with Gasteiger partial charge in [-0.05, 0) is 19.1 Å². The van der Waals surface area contributed by atoms with Gasteiger partial charge >= 0.3 is 0 Å². The molecule has 1 aliphatic rings. The molecular formula is C10H12O2S. The Balaban J connectivity index is 2.11. The maximum atomic E-state index is 5.63. The van der Waals surface area contributed by atoms with E-state index < -0.39 is 0 Å². The van der Waals surface area contributed by atoms with E-state index in [9.17, 15) is 0 Å². The van der Waals surface area contributed by atoms with Crippen molar-refractivity contribution in [3.63, 3.8) is 0 Å². The SMILES string of the molecule is CCOC1CSc2ccccc2O1. The maximum Gasteiger partial charge on any atom is 0.209 e. The van der Waals surface area contributed by atoms with E-state index in [0.717, 1.165) is 11.5 Å². The fourth-order valence-electron chi connectivity index (χ4n) is 1.27. The van der Waals surface area contributed by atoms with E-state index in [4.69, 9.17) is 9.47 Å². The van der Waals surface area contributed by atoms with Crippen molar-refractivity contribution in [3.8, 4) is 5.75 Å². The first kappa shape index (κ1) is 8.91. The quantitative estimate of drug-likeness (QED) is 0.724. The molecule has 0 aromatic heterocycles. The minimum absolute atomic E-state index is 0.0788. The minimum Gasteiger partial charge on any atom is -0.463 e. The van der Waals surface area contributed by atoms with Gasteiger partial charge in [-0.25, -0.2) is 0 Å². The number of hydrogen-bond acceptors (Lipinski definition) is 3. The number of benzene rings is 1. The van der Waals surface area contributed by atoms with Crippen molar-refractivity contribution < 1.29 is 9.47 Å². The van der Waals surface area contributed by atoms with Gasteiger partial charge in [0.05, 0.1) is 5.75 Å². The largest absolute Gasteiger partial charge is 0.463 e. The molecule has 13 heavy (non-hydrogen) atoms. The van der Waals surface area contributed by atoms with E-state index in [1.54, 1.807) is 11.8 Å². The van der Waals surface area contributed by atoms with Gasteiger partial charge in [0.1, 0.15) is 5.75 Å². The van der Waals surface area contributed by atoms with Gasteiger partial charge in [0.15, 0.2) is 0 Å². The van der Waals surface area contributed by atoms with Crippen molar-refractivity contribution in [2.75, 3.05) is 12.4 Å². The molecule has 1 aromatic rings. The first-order valence-electron chi connectivity index (χ1n) is 4.40. The molecular weight excluding hydrogens is 184 g/mol. The van der Waals surface area contributed by atoms with Gasteiger partial charge in [-0.1, -0.05) is 12.1 Å². The monoisotopic (exact) mass is 196 g/mol. The van der Waals surface area contributed by atoms with Crippen LogP contribution in [0, 0.1) is 0 Å². The summed E-state index contributed by atoms with van der Waals surface area (Å²) in [5, 5.41) is 0. The Hall–Kier alpha value is -0.670. The predicted octanol–water partition coefficient (Wildman–Crippen LogP) is 2.53. The molecule has 0 radical (unpaired) electrons.